The Kier molecular flexibility index (Phi) is 7.64. The first-order valence-corrected chi connectivity index (χ1v) is 8.76. The Labute approximate surface area is 163 Å². The number of hydrogen-bond donors (Lipinski definition) is 1. The van der Waals surface area contributed by atoms with Crippen molar-refractivity contribution in [3.63, 3.8) is 0 Å². The summed E-state index contributed by atoms with van der Waals surface area (Å²) in [6, 6.07) is 4.22. The first-order chi connectivity index (χ1) is 12.1. The van der Waals surface area contributed by atoms with Crippen molar-refractivity contribution in [1.29, 1.82) is 0 Å². The van der Waals surface area contributed by atoms with Gasteiger partial charge in [-0.15, -0.1) is 12.4 Å². The minimum Gasteiger partial charge on any atom is -0.378 e. The molecule has 0 saturated carbocycles. The second-order valence-corrected chi connectivity index (χ2v) is 6.61. The van der Waals surface area contributed by atoms with Crippen molar-refractivity contribution in [2.24, 2.45) is 0 Å². The molecular formula is C17H22Cl2FN3O3. The van der Waals surface area contributed by atoms with Crippen LogP contribution < -0.4 is 5.32 Å². The van der Waals surface area contributed by atoms with Gasteiger partial charge in [0, 0.05) is 45.2 Å². The van der Waals surface area contributed by atoms with Crippen molar-refractivity contribution in [2.75, 3.05) is 45.9 Å². The highest BCUT2D eigenvalue weighted by atomic mass is 35.5. The summed E-state index contributed by atoms with van der Waals surface area (Å²) in [5.74, 6) is -1.02. The molecule has 2 fully saturated rings. The number of ether oxygens (including phenoxy) is 1. The molecule has 2 aliphatic rings. The largest absolute Gasteiger partial charge is 0.378 e. The van der Waals surface area contributed by atoms with Gasteiger partial charge < -0.3 is 19.9 Å². The highest BCUT2D eigenvalue weighted by Gasteiger charge is 2.28. The van der Waals surface area contributed by atoms with E-state index in [2.05, 4.69) is 5.32 Å². The molecule has 9 heteroatoms. The van der Waals surface area contributed by atoms with Crippen LogP contribution in [0.5, 0.6) is 0 Å². The number of carbonyl (C=O) groups is 2. The number of piperazine rings is 1. The minimum atomic E-state index is -0.626. The van der Waals surface area contributed by atoms with Crippen molar-refractivity contribution in [3.8, 4) is 0 Å². The molecule has 0 radical (unpaired) electrons. The van der Waals surface area contributed by atoms with E-state index in [1.165, 1.54) is 23.1 Å². The van der Waals surface area contributed by atoms with Gasteiger partial charge in [-0.05, 0) is 12.1 Å². The molecule has 2 amide bonds. The third kappa shape index (κ3) is 4.85. The molecule has 1 unspecified atom stereocenters. The summed E-state index contributed by atoms with van der Waals surface area (Å²) in [7, 11) is 0. The minimum absolute atomic E-state index is 0. The van der Waals surface area contributed by atoms with Crippen LogP contribution in [0, 0.1) is 5.82 Å². The quantitative estimate of drug-likeness (QED) is 0.828. The smallest absolute Gasteiger partial charge is 0.258 e. The number of rotatable bonds is 3. The van der Waals surface area contributed by atoms with Gasteiger partial charge in [-0.25, -0.2) is 4.39 Å². The molecule has 1 N–H and O–H groups in total. The molecule has 2 heterocycles. The second kappa shape index (κ2) is 9.50. The Morgan fingerprint density at radius 3 is 2.54 bits per heavy atom. The average Bonchev–Trinajstić information content (AvgIpc) is 2.62. The fourth-order valence-corrected chi connectivity index (χ4v) is 3.35. The Hall–Kier alpha value is -1.41. The van der Waals surface area contributed by atoms with E-state index in [4.69, 9.17) is 16.3 Å². The van der Waals surface area contributed by atoms with Crippen molar-refractivity contribution in [2.45, 2.75) is 12.5 Å². The number of halogens is 3. The molecule has 0 spiro atoms. The van der Waals surface area contributed by atoms with Crippen LogP contribution in [0.2, 0.25) is 5.02 Å². The van der Waals surface area contributed by atoms with Gasteiger partial charge in [-0.1, -0.05) is 17.7 Å². The van der Waals surface area contributed by atoms with E-state index in [-0.39, 0.29) is 34.9 Å². The number of amides is 2. The van der Waals surface area contributed by atoms with E-state index in [1.807, 2.05) is 0 Å². The van der Waals surface area contributed by atoms with E-state index >= 15 is 0 Å². The van der Waals surface area contributed by atoms with Crippen LogP contribution in [-0.2, 0) is 9.53 Å². The summed E-state index contributed by atoms with van der Waals surface area (Å²) >= 11 is 5.96. The summed E-state index contributed by atoms with van der Waals surface area (Å²) in [6.07, 6.45) is 0.382. The van der Waals surface area contributed by atoms with Crippen LogP contribution >= 0.6 is 24.0 Å². The molecule has 1 aromatic carbocycles. The third-order valence-corrected chi connectivity index (χ3v) is 4.83. The lowest BCUT2D eigenvalue weighted by atomic mass is 10.1. The zero-order valence-corrected chi connectivity index (χ0v) is 15.8. The van der Waals surface area contributed by atoms with Gasteiger partial charge >= 0.3 is 0 Å². The van der Waals surface area contributed by atoms with Crippen LogP contribution in [-0.4, -0.2) is 73.6 Å². The molecule has 26 heavy (non-hydrogen) atoms. The summed E-state index contributed by atoms with van der Waals surface area (Å²) in [4.78, 5) is 28.2. The van der Waals surface area contributed by atoms with Gasteiger partial charge in [0.15, 0.2) is 0 Å². The third-order valence-electron chi connectivity index (χ3n) is 4.52. The molecule has 1 aromatic rings. The van der Waals surface area contributed by atoms with Gasteiger partial charge in [0.25, 0.3) is 5.91 Å². The molecule has 0 bridgehead atoms. The van der Waals surface area contributed by atoms with Crippen molar-refractivity contribution in [1.82, 2.24) is 15.1 Å². The number of hydrogen-bond acceptors (Lipinski definition) is 4. The molecule has 3 rings (SSSR count). The predicted octanol–water partition coefficient (Wildman–Crippen LogP) is 1.56. The molecule has 0 aliphatic carbocycles. The summed E-state index contributed by atoms with van der Waals surface area (Å²) in [5, 5.41) is 3.36. The predicted molar refractivity (Wildman–Crippen MR) is 98.4 cm³/mol. The second-order valence-electron chi connectivity index (χ2n) is 6.20. The maximum atomic E-state index is 13.9. The molecule has 144 valence electrons. The van der Waals surface area contributed by atoms with Crippen LogP contribution in [0.25, 0.3) is 0 Å². The zero-order chi connectivity index (χ0) is 17.8. The molecule has 2 saturated heterocycles. The standard InChI is InChI=1S/C17H21ClFN3O3.ClH/c18-13-2-1-3-14(19)16(13)17(24)22-7-5-21(6-8-22)15(23)10-12-11-25-9-4-20-12;/h1-3,12,20H,4-11H2;1H. The number of morpholine rings is 1. The average molecular weight is 406 g/mol. The Balaban J connectivity index is 0.00000243. The lowest BCUT2D eigenvalue weighted by molar-refractivity contribution is -0.133. The van der Waals surface area contributed by atoms with E-state index in [9.17, 15) is 14.0 Å². The number of benzene rings is 1. The highest BCUT2D eigenvalue weighted by molar-refractivity contribution is 6.33. The SMILES string of the molecule is Cl.O=C(CC1COCCN1)N1CCN(C(=O)c2c(F)cccc2Cl)CC1. The monoisotopic (exact) mass is 405 g/mol. The number of nitrogens with zero attached hydrogens (tertiary/aromatic N) is 2. The first-order valence-electron chi connectivity index (χ1n) is 8.38. The van der Waals surface area contributed by atoms with Crippen molar-refractivity contribution >= 4 is 35.8 Å². The molecular weight excluding hydrogens is 384 g/mol. The lowest BCUT2D eigenvalue weighted by Crippen LogP contribution is -2.52. The summed E-state index contributed by atoms with van der Waals surface area (Å²) in [5.41, 5.74) is -0.104. The maximum absolute atomic E-state index is 13.9. The summed E-state index contributed by atoms with van der Waals surface area (Å²) < 4.78 is 19.3. The van der Waals surface area contributed by atoms with Crippen LogP contribution in [0.3, 0.4) is 0 Å². The van der Waals surface area contributed by atoms with Gasteiger partial charge in [0.2, 0.25) is 5.91 Å². The molecule has 2 aliphatic heterocycles. The van der Waals surface area contributed by atoms with Gasteiger partial charge in [0.1, 0.15) is 5.82 Å². The molecule has 6 nitrogen and oxygen atoms in total. The van der Waals surface area contributed by atoms with Crippen LogP contribution in [0.4, 0.5) is 4.39 Å². The molecule has 1 atom stereocenters. The van der Waals surface area contributed by atoms with E-state index < -0.39 is 11.7 Å². The van der Waals surface area contributed by atoms with E-state index in [0.717, 1.165) is 6.54 Å². The normalized spacial score (nSPS) is 20.5. The number of carbonyl (C=O) groups excluding carboxylic acids is 2. The lowest BCUT2D eigenvalue weighted by Gasteiger charge is -2.36. The van der Waals surface area contributed by atoms with Crippen molar-refractivity contribution < 1.29 is 18.7 Å². The Morgan fingerprint density at radius 1 is 1.23 bits per heavy atom. The maximum Gasteiger partial charge on any atom is 0.258 e. The van der Waals surface area contributed by atoms with Crippen molar-refractivity contribution in [3.05, 3.63) is 34.6 Å². The van der Waals surface area contributed by atoms with Gasteiger partial charge in [-0.3, -0.25) is 9.59 Å². The van der Waals surface area contributed by atoms with Crippen LogP contribution in [0.1, 0.15) is 16.8 Å². The van der Waals surface area contributed by atoms with E-state index in [1.54, 1.807) is 4.90 Å². The van der Waals surface area contributed by atoms with Gasteiger partial charge in [0.05, 0.1) is 23.8 Å². The number of nitrogens with one attached hydrogen (secondary N) is 1. The van der Waals surface area contributed by atoms with Gasteiger partial charge in [-0.2, -0.15) is 0 Å². The Bertz CT molecular complexity index is 628. The Morgan fingerprint density at radius 2 is 1.92 bits per heavy atom. The highest BCUT2D eigenvalue weighted by Crippen LogP contribution is 2.21. The fraction of sp³-hybridized carbons (Fsp3) is 0.529. The van der Waals surface area contributed by atoms with Crippen LogP contribution in [0.15, 0.2) is 18.2 Å². The fourth-order valence-electron chi connectivity index (χ4n) is 3.11. The summed E-state index contributed by atoms with van der Waals surface area (Å²) in [6.45, 7) is 3.56. The zero-order valence-electron chi connectivity index (χ0n) is 14.2. The molecule has 0 aromatic heterocycles. The topological polar surface area (TPSA) is 61.9 Å². The first kappa shape index (κ1) is 20.9. The van der Waals surface area contributed by atoms with E-state index in [0.29, 0.717) is 45.8 Å².